The molecule has 2 aliphatic rings. The van der Waals surface area contributed by atoms with E-state index in [9.17, 15) is 4.79 Å². The fourth-order valence-electron chi connectivity index (χ4n) is 4.05. The molecule has 1 atom stereocenters. The molecule has 27 heavy (non-hydrogen) atoms. The van der Waals surface area contributed by atoms with E-state index in [0.29, 0.717) is 42.7 Å². The molecule has 1 saturated heterocycles. The van der Waals surface area contributed by atoms with Crippen molar-refractivity contribution in [1.29, 1.82) is 0 Å². The van der Waals surface area contributed by atoms with Crippen molar-refractivity contribution in [3.05, 3.63) is 58.2 Å². The highest BCUT2D eigenvalue weighted by molar-refractivity contribution is 6.33. The highest BCUT2D eigenvalue weighted by Crippen LogP contribution is 2.46. The van der Waals surface area contributed by atoms with Gasteiger partial charge in [0, 0.05) is 19.3 Å². The minimum atomic E-state index is -0.0494. The number of nitrogens with zero attached hydrogens (tertiary/aromatic N) is 2. The Morgan fingerprint density at radius 2 is 2.04 bits per heavy atom. The molecule has 5 nitrogen and oxygen atoms in total. The van der Waals surface area contributed by atoms with Crippen molar-refractivity contribution in [2.45, 2.75) is 31.7 Å². The molecule has 142 valence electrons. The van der Waals surface area contributed by atoms with Gasteiger partial charge in [0.15, 0.2) is 0 Å². The predicted molar refractivity (Wildman–Crippen MR) is 106 cm³/mol. The Bertz CT molecular complexity index is 862. The monoisotopic (exact) mass is 385 g/mol. The lowest BCUT2D eigenvalue weighted by molar-refractivity contribution is 0.0302. The Morgan fingerprint density at radius 3 is 2.78 bits per heavy atom. The van der Waals surface area contributed by atoms with Crippen LogP contribution in [0.2, 0.25) is 5.02 Å². The average molecular weight is 386 g/mol. The largest absolute Gasteiger partial charge is 0.378 e. The van der Waals surface area contributed by atoms with Crippen molar-refractivity contribution in [2.75, 3.05) is 31.6 Å². The van der Waals surface area contributed by atoms with Gasteiger partial charge in [0.25, 0.3) is 5.91 Å². The van der Waals surface area contributed by atoms with Gasteiger partial charge >= 0.3 is 0 Å². The van der Waals surface area contributed by atoms with Crippen LogP contribution in [0, 0.1) is 0 Å². The summed E-state index contributed by atoms with van der Waals surface area (Å²) in [6.07, 6.45) is 2.58. The second kappa shape index (κ2) is 7.13. The summed E-state index contributed by atoms with van der Waals surface area (Å²) in [7, 11) is 0. The number of amides is 1. The summed E-state index contributed by atoms with van der Waals surface area (Å²) in [5.41, 5.74) is 3.26. The third-order valence-corrected chi connectivity index (χ3v) is 5.77. The highest BCUT2D eigenvalue weighted by atomic mass is 35.5. The molecule has 0 radical (unpaired) electrons. The Hall–Kier alpha value is -2.11. The number of nitrogens with one attached hydrogen (secondary N) is 1. The third-order valence-electron chi connectivity index (χ3n) is 5.48. The first kappa shape index (κ1) is 18.3. The smallest absolute Gasteiger partial charge is 0.255 e. The van der Waals surface area contributed by atoms with Gasteiger partial charge < -0.3 is 15.0 Å². The zero-order chi connectivity index (χ0) is 19.0. The van der Waals surface area contributed by atoms with Crippen molar-refractivity contribution in [3.8, 4) is 0 Å². The van der Waals surface area contributed by atoms with Gasteiger partial charge in [0.05, 0.1) is 29.8 Å². The topological polar surface area (TPSA) is 54.5 Å². The molecule has 4 rings (SSSR count). The van der Waals surface area contributed by atoms with E-state index in [4.69, 9.17) is 16.3 Å². The minimum absolute atomic E-state index is 0.0494. The lowest BCUT2D eigenvalue weighted by Crippen LogP contribution is -2.40. The summed E-state index contributed by atoms with van der Waals surface area (Å²) in [4.78, 5) is 18.8. The molecule has 1 fully saturated rings. The van der Waals surface area contributed by atoms with Crippen LogP contribution in [0.25, 0.3) is 0 Å². The number of ether oxygens (including phenoxy) is 1. The van der Waals surface area contributed by atoms with E-state index in [-0.39, 0.29) is 17.4 Å². The van der Waals surface area contributed by atoms with Gasteiger partial charge in [0.1, 0.15) is 5.82 Å². The van der Waals surface area contributed by atoms with Gasteiger partial charge in [-0.25, -0.2) is 4.98 Å². The number of aromatic nitrogens is 1. The van der Waals surface area contributed by atoms with Crippen LogP contribution in [0.1, 0.15) is 47.8 Å². The number of carbonyl (C=O) groups excluding carboxylic acids is 1. The molecule has 1 aromatic heterocycles. The van der Waals surface area contributed by atoms with Gasteiger partial charge in [-0.15, -0.1) is 0 Å². The molecule has 0 bridgehead atoms. The van der Waals surface area contributed by atoms with Crippen LogP contribution in [-0.2, 0) is 10.2 Å². The first-order valence-electron chi connectivity index (χ1n) is 9.34. The number of pyridine rings is 1. The molecule has 0 saturated carbocycles. The Morgan fingerprint density at radius 1 is 1.30 bits per heavy atom. The van der Waals surface area contributed by atoms with Crippen LogP contribution in [0.3, 0.4) is 0 Å². The van der Waals surface area contributed by atoms with Crippen LogP contribution in [0.4, 0.5) is 5.82 Å². The van der Waals surface area contributed by atoms with Gasteiger partial charge in [-0.3, -0.25) is 4.79 Å². The molecule has 2 heterocycles. The molecule has 2 aromatic rings. The zero-order valence-electron chi connectivity index (χ0n) is 15.7. The maximum Gasteiger partial charge on any atom is 0.255 e. The molecule has 6 heteroatoms. The van der Waals surface area contributed by atoms with Gasteiger partial charge in [-0.2, -0.15) is 0 Å². The molecule has 1 N–H and O–H groups in total. The predicted octanol–water partition coefficient (Wildman–Crippen LogP) is 4.04. The van der Waals surface area contributed by atoms with E-state index in [1.807, 2.05) is 0 Å². The van der Waals surface area contributed by atoms with Crippen molar-refractivity contribution in [3.63, 3.8) is 0 Å². The quantitative estimate of drug-likeness (QED) is 0.866. The van der Waals surface area contributed by atoms with E-state index < -0.39 is 0 Å². The molecular formula is C21H24ClN3O2. The number of hydrogen-bond acceptors (Lipinski definition) is 4. The van der Waals surface area contributed by atoms with Crippen LogP contribution >= 0.6 is 11.6 Å². The van der Waals surface area contributed by atoms with Crippen LogP contribution in [0.5, 0.6) is 0 Å². The summed E-state index contributed by atoms with van der Waals surface area (Å²) in [5, 5.41) is 3.95. The summed E-state index contributed by atoms with van der Waals surface area (Å²) in [6.45, 7) is 6.86. The van der Waals surface area contributed by atoms with Crippen LogP contribution in [-0.4, -0.2) is 42.1 Å². The fraction of sp³-hybridized carbons (Fsp3) is 0.429. The zero-order valence-corrected chi connectivity index (χ0v) is 16.4. The SMILES string of the molecule is CC1(C)CC(Nc2ncc(C(=O)N3CCOCC3)cc2Cl)c2ccccc21. The van der Waals surface area contributed by atoms with E-state index in [1.54, 1.807) is 17.2 Å². The third kappa shape index (κ3) is 3.54. The highest BCUT2D eigenvalue weighted by Gasteiger charge is 2.36. The second-order valence-corrected chi connectivity index (χ2v) is 8.24. The molecular weight excluding hydrogens is 362 g/mol. The van der Waals surface area contributed by atoms with E-state index in [1.165, 1.54) is 11.1 Å². The first-order chi connectivity index (χ1) is 13.0. The number of morpholine rings is 1. The number of benzene rings is 1. The van der Waals surface area contributed by atoms with Crippen molar-refractivity contribution < 1.29 is 9.53 Å². The lowest BCUT2D eigenvalue weighted by Gasteiger charge is -2.27. The normalized spacial score (nSPS) is 21.0. The van der Waals surface area contributed by atoms with Crippen molar-refractivity contribution in [1.82, 2.24) is 9.88 Å². The number of anilines is 1. The molecule has 1 aromatic carbocycles. The minimum Gasteiger partial charge on any atom is -0.378 e. The summed E-state index contributed by atoms with van der Waals surface area (Å²) < 4.78 is 5.30. The Kier molecular flexibility index (Phi) is 4.82. The summed E-state index contributed by atoms with van der Waals surface area (Å²) in [5.74, 6) is 0.569. The Balaban J connectivity index is 1.53. The van der Waals surface area contributed by atoms with E-state index >= 15 is 0 Å². The van der Waals surface area contributed by atoms with Gasteiger partial charge in [0.2, 0.25) is 0 Å². The molecule has 1 unspecified atom stereocenters. The number of halogens is 1. The molecule has 1 aliphatic carbocycles. The maximum absolute atomic E-state index is 12.6. The van der Waals surface area contributed by atoms with Crippen molar-refractivity contribution in [2.24, 2.45) is 0 Å². The van der Waals surface area contributed by atoms with E-state index in [2.05, 4.69) is 48.4 Å². The van der Waals surface area contributed by atoms with Crippen molar-refractivity contribution >= 4 is 23.3 Å². The van der Waals surface area contributed by atoms with Crippen LogP contribution < -0.4 is 5.32 Å². The summed E-state index contributed by atoms with van der Waals surface area (Å²) in [6, 6.07) is 10.4. The Labute approximate surface area is 164 Å². The molecule has 1 amide bonds. The maximum atomic E-state index is 12.6. The number of fused-ring (bicyclic) bond motifs is 1. The van der Waals surface area contributed by atoms with Gasteiger partial charge in [-0.1, -0.05) is 49.7 Å². The first-order valence-corrected chi connectivity index (χ1v) is 9.72. The number of hydrogen-bond donors (Lipinski definition) is 1. The lowest BCUT2D eigenvalue weighted by atomic mass is 9.86. The standard InChI is InChI=1S/C21H24ClN3O2/c1-21(2)12-18(15-5-3-4-6-16(15)21)24-19-17(22)11-14(13-23-19)20(26)25-7-9-27-10-8-25/h3-6,11,13,18H,7-10,12H2,1-2H3,(H,23,24). The average Bonchev–Trinajstić information content (AvgIpc) is 2.94. The number of carbonyl (C=O) groups is 1. The molecule has 1 aliphatic heterocycles. The second-order valence-electron chi connectivity index (χ2n) is 7.83. The van der Waals surface area contributed by atoms with E-state index in [0.717, 1.165) is 6.42 Å². The number of rotatable bonds is 3. The molecule has 0 spiro atoms. The summed E-state index contributed by atoms with van der Waals surface area (Å²) >= 11 is 6.47. The fourth-order valence-corrected chi connectivity index (χ4v) is 4.27. The van der Waals surface area contributed by atoms with Crippen LogP contribution in [0.15, 0.2) is 36.5 Å². The van der Waals surface area contributed by atoms with Gasteiger partial charge in [-0.05, 0) is 29.0 Å².